The summed E-state index contributed by atoms with van der Waals surface area (Å²) in [6.07, 6.45) is 11.8. The molecule has 1 aromatic heterocycles. The molecule has 0 aromatic carbocycles. The summed E-state index contributed by atoms with van der Waals surface area (Å²) in [6, 6.07) is 0.768. The molecule has 5 nitrogen and oxygen atoms in total. The highest BCUT2D eigenvalue weighted by atomic mass is 16.5. The molecule has 138 valence electrons. The van der Waals surface area contributed by atoms with E-state index >= 15 is 0 Å². The Balaban J connectivity index is 1.11. The van der Waals surface area contributed by atoms with E-state index in [2.05, 4.69) is 32.4 Å². The quantitative estimate of drug-likeness (QED) is 0.858. The molecular formula is C20H32N4O. The molecule has 5 aliphatic rings. The molecule has 2 heterocycles. The van der Waals surface area contributed by atoms with Crippen molar-refractivity contribution in [3.05, 3.63) is 18.0 Å². The van der Waals surface area contributed by atoms with E-state index in [4.69, 9.17) is 4.74 Å². The van der Waals surface area contributed by atoms with E-state index in [1.165, 1.54) is 37.7 Å². The van der Waals surface area contributed by atoms with Crippen LogP contribution in [0.4, 0.5) is 0 Å². The third-order valence-electron chi connectivity index (χ3n) is 7.20. The molecule has 5 fully saturated rings. The van der Waals surface area contributed by atoms with Gasteiger partial charge in [0.1, 0.15) is 0 Å². The van der Waals surface area contributed by atoms with Gasteiger partial charge in [0.2, 0.25) is 0 Å². The molecule has 1 aliphatic heterocycles. The van der Waals surface area contributed by atoms with Crippen LogP contribution >= 0.6 is 0 Å². The number of hydrogen-bond acceptors (Lipinski definition) is 4. The fourth-order valence-corrected chi connectivity index (χ4v) is 6.18. The Labute approximate surface area is 151 Å². The largest absolute Gasteiger partial charge is 0.379 e. The lowest BCUT2D eigenvalue weighted by Gasteiger charge is -2.54. The van der Waals surface area contributed by atoms with E-state index in [0.29, 0.717) is 0 Å². The summed E-state index contributed by atoms with van der Waals surface area (Å²) in [6.45, 7) is 6.92. The molecular weight excluding hydrogens is 312 g/mol. The van der Waals surface area contributed by atoms with Crippen molar-refractivity contribution in [3.63, 3.8) is 0 Å². The molecule has 5 heteroatoms. The van der Waals surface area contributed by atoms with E-state index in [9.17, 15) is 0 Å². The van der Waals surface area contributed by atoms with Gasteiger partial charge in [0, 0.05) is 44.0 Å². The van der Waals surface area contributed by atoms with Crippen LogP contribution in [0.1, 0.15) is 37.7 Å². The summed E-state index contributed by atoms with van der Waals surface area (Å²) in [4.78, 5) is 2.47. The van der Waals surface area contributed by atoms with E-state index in [1.54, 1.807) is 0 Å². The van der Waals surface area contributed by atoms with Gasteiger partial charge in [0.15, 0.2) is 0 Å². The third-order valence-corrected chi connectivity index (χ3v) is 7.20. The van der Waals surface area contributed by atoms with Crippen molar-refractivity contribution in [1.82, 2.24) is 20.0 Å². The zero-order valence-corrected chi connectivity index (χ0v) is 15.3. The summed E-state index contributed by atoms with van der Waals surface area (Å²) in [5.41, 5.74) is 1.34. The Kier molecular flexibility index (Phi) is 4.56. The van der Waals surface area contributed by atoms with Crippen molar-refractivity contribution >= 4 is 0 Å². The van der Waals surface area contributed by atoms with E-state index in [0.717, 1.165) is 75.7 Å². The number of nitrogens with zero attached hydrogens (tertiary/aromatic N) is 3. The lowest BCUT2D eigenvalue weighted by Crippen LogP contribution is -2.54. The van der Waals surface area contributed by atoms with Crippen molar-refractivity contribution < 1.29 is 4.74 Å². The highest BCUT2D eigenvalue weighted by Gasteiger charge is 2.47. The number of aromatic nitrogens is 2. The van der Waals surface area contributed by atoms with Gasteiger partial charge in [-0.25, -0.2) is 0 Å². The Morgan fingerprint density at radius 3 is 2.44 bits per heavy atom. The van der Waals surface area contributed by atoms with Crippen molar-refractivity contribution in [2.75, 3.05) is 32.8 Å². The van der Waals surface area contributed by atoms with Crippen molar-refractivity contribution in [1.29, 1.82) is 0 Å². The molecule has 0 radical (unpaired) electrons. The zero-order chi connectivity index (χ0) is 16.6. The number of nitrogens with one attached hydrogen (secondary N) is 1. The third kappa shape index (κ3) is 3.51. The van der Waals surface area contributed by atoms with Gasteiger partial charge in [-0.3, -0.25) is 9.58 Å². The lowest BCUT2D eigenvalue weighted by molar-refractivity contribution is -0.0142. The minimum Gasteiger partial charge on any atom is -0.379 e. The molecule has 1 saturated heterocycles. The predicted molar refractivity (Wildman–Crippen MR) is 97.2 cm³/mol. The first kappa shape index (κ1) is 16.3. The number of rotatable bonds is 6. The topological polar surface area (TPSA) is 42.3 Å². The van der Waals surface area contributed by atoms with Crippen LogP contribution in [0.15, 0.2) is 12.4 Å². The summed E-state index contributed by atoms with van der Waals surface area (Å²) in [7, 11) is 0. The lowest BCUT2D eigenvalue weighted by atomic mass is 9.54. The number of hydrogen-bond donors (Lipinski definition) is 1. The van der Waals surface area contributed by atoms with Gasteiger partial charge < -0.3 is 10.1 Å². The number of ether oxygens (including phenoxy) is 1. The fourth-order valence-electron chi connectivity index (χ4n) is 6.18. The first-order valence-electron chi connectivity index (χ1n) is 10.4. The molecule has 6 rings (SSSR count). The van der Waals surface area contributed by atoms with Crippen LogP contribution in [-0.2, 0) is 17.8 Å². The second kappa shape index (κ2) is 7.01. The molecule has 25 heavy (non-hydrogen) atoms. The first-order valence-corrected chi connectivity index (χ1v) is 10.4. The molecule has 4 bridgehead atoms. The molecule has 4 aliphatic carbocycles. The van der Waals surface area contributed by atoms with Crippen molar-refractivity contribution in [2.24, 2.45) is 23.7 Å². The van der Waals surface area contributed by atoms with Gasteiger partial charge in [-0.15, -0.1) is 0 Å². The molecule has 0 spiro atoms. The molecule has 1 aromatic rings. The molecule has 1 N–H and O–H groups in total. The average Bonchev–Trinajstić information content (AvgIpc) is 3.08. The van der Waals surface area contributed by atoms with Crippen LogP contribution < -0.4 is 5.32 Å². The molecule has 4 saturated carbocycles. The molecule has 0 atom stereocenters. The Morgan fingerprint density at radius 2 is 1.72 bits per heavy atom. The van der Waals surface area contributed by atoms with Crippen molar-refractivity contribution in [3.8, 4) is 0 Å². The van der Waals surface area contributed by atoms with Crippen LogP contribution in [0.2, 0.25) is 0 Å². The second-order valence-corrected chi connectivity index (χ2v) is 8.90. The second-order valence-electron chi connectivity index (χ2n) is 8.90. The standard InChI is InChI=1S/C20H32N4O/c1(23-3-5-25-6-4-23)2-24-14-17(13-22-24)12-21-20-18-8-15-7-16(10-18)11-19(20)9-15/h13-16,18-21H,1-12H2. The average molecular weight is 345 g/mol. The fraction of sp³-hybridized carbons (Fsp3) is 0.850. The van der Waals surface area contributed by atoms with Crippen LogP contribution in [-0.4, -0.2) is 53.6 Å². The van der Waals surface area contributed by atoms with Gasteiger partial charge in [0.25, 0.3) is 0 Å². The summed E-state index contributed by atoms with van der Waals surface area (Å²) in [5, 5.41) is 8.49. The highest BCUT2D eigenvalue weighted by Crippen LogP contribution is 2.53. The maximum atomic E-state index is 5.41. The van der Waals surface area contributed by atoms with E-state index in [1.807, 2.05) is 0 Å². The van der Waals surface area contributed by atoms with E-state index in [-0.39, 0.29) is 0 Å². The highest BCUT2D eigenvalue weighted by molar-refractivity contribution is 5.06. The van der Waals surface area contributed by atoms with Gasteiger partial charge >= 0.3 is 0 Å². The normalized spacial score (nSPS) is 37.7. The summed E-state index contributed by atoms with van der Waals surface area (Å²) in [5.74, 6) is 4.02. The van der Waals surface area contributed by atoms with Gasteiger partial charge in [-0.1, -0.05) is 0 Å². The molecule has 0 unspecified atom stereocenters. The smallest absolute Gasteiger partial charge is 0.0594 e. The summed E-state index contributed by atoms with van der Waals surface area (Å²) < 4.78 is 7.53. The minimum absolute atomic E-state index is 0.768. The Hall–Kier alpha value is -0.910. The minimum atomic E-state index is 0.768. The first-order chi connectivity index (χ1) is 12.3. The Bertz CT molecular complexity index is 552. The van der Waals surface area contributed by atoms with Crippen LogP contribution in [0.25, 0.3) is 0 Å². The summed E-state index contributed by atoms with van der Waals surface area (Å²) >= 11 is 0. The zero-order valence-electron chi connectivity index (χ0n) is 15.3. The Morgan fingerprint density at radius 1 is 1.00 bits per heavy atom. The maximum Gasteiger partial charge on any atom is 0.0594 e. The van der Waals surface area contributed by atoms with Crippen LogP contribution in [0.3, 0.4) is 0 Å². The van der Waals surface area contributed by atoms with Crippen LogP contribution in [0, 0.1) is 23.7 Å². The monoisotopic (exact) mass is 344 g/mol. The van der Waals surface area contributed by atoms with Gasteiger partial charge in [-0.05, 0) is 55.8 Å². The predicted octanol–water partition coefficient (Wildman–Crippen LogP) is 2.13. The molecule has 0 amide bonds. The van der Waals surface area contributed by atoms with Crippen LogP contribution in [0.5, 0.6) is 0 Å². The van der Waals surface area contributed by atoms with E-state index < -0.39 is 0 Å². The number of morpholine rings is 1. The SMILES string of the molecule is c1nn(CCN2CCOCC2)cc1CNC1C2CC3CC(C2)CC1C3. The van der Waals surface area contributed by atoms with Gasteiger partial charge in [0.05, 0.1) is 26.0 Å². The maximum absolute atomic E-state index is 5.41. The van der Waals surface area contributed by atoms with Crippen molar-refractivity contribution in [2.45, 2.75) is 51.2 Å². The van der Waals surface area contributed by atoms with Gasteiger partial charge in [-0.2, -0.15) is 5.10 Å².